The minimum absolute atomic E-state index is 0.0484. The predicted molar refractivity (Wildman–Crippen MR) is 113 cm³/mol. The monoisotopic (exact) mass is 448 g/mol. The van der Waals surface area contributed by atoms with Crippen molar-refractivity contribution in [3.63, 3.8) is 0 Å². The number of hydrogen-bond acceptors (Lipinski definition) is 7. The zero-order valence-electron chi connectivity index (χ0n) is 17.5. The molecule has 0 aromatic heterocycles. The van der Waals surface area contributed by atoms with E-state index < -0.39 is 34.0 Å². The van der Waals surface area contributed by atoms with Gasteiger partial charge in [0.2, 0.25) is 10.0 Å². The van der Waals surface area contributed by atoms with Gasteiger partial charge >= 0.3 is 5.97 Å². The van der Waals surface area contributed by atoms with Gasteiger partial charge in [-0.3, -0.25) is 14.4 Å². The second kappa shape index (κ2) is 10.2. The molecule has 10 heteroatoms. The lowest BCUT2D eigenvalue weighted by molar-refractivity contribution is -0.154. The Balaban J connectivity index is 1.94. The fraction of sp³-hybridized carbons (Fsp3) is 0.286. The third kappa shape index (κ3) is 6.63. The lowest BCUT2D eigenvalue weighted by Gasteiger charge is -2.18. The van der Waals surface area contributed by atoms with Crippen LogP contribution in [0.5, 0.6) is 5.75 Å². The average molecular weight is 448 g/mol. The standard InChI is InChI=1S/C21H24N2O7S/c1-13(23-31(27,28)19-11-9-18(29-4)10-12-19)21(26)30-15(3)20(25)22-17-7-5-16(6-8-17)14(2)24/h5-13,15,23H,1-4H3,(H,22,25)/t13-,15?/m0/s1. The van der Waals surface area contributed by atoms with Crippen molar-refractivity contribution >= 4 is 33.4 Å². The summed E-state index contributed by atoms with van der Waals surface area (Å²) in [5.41, 5.74) is 0.918. The van der Waals surface area contributed by atoms with Crippen LogP contribution in [0.4, 0.5) is 5.69 Å². The highest BCUT2D eigenvalue weighted by atomic mass is 32.2. The lowest BCUT2D eigenvalue weighted by Crippen LogP contribution is -2.42. The maximum absolute atomic E-state index is 12.4. The highest BCUT2D eigenvalue weighted by molar-refractivity contribution is 7.89. The Kier molecular flexibility index (Phi) is 7.89. The van der Waals surface area contributed by atoms with Gasteiger partial charge < -0.3 is 14.8 Å². The van der Waals surface area contributed by atoms with Crippen LogP contribution in [0.1, 0.15) is 31.1 Å². The molecule has 0 aliphatic carbocycles. The first-order chi connectivity index (χ1) is 14.5. The van der Waals surface area contributed by atoms with Crippen LogP contribution < -0.4 is 14.8 Å². The van der Waals surface area contributed by atoms with Gasteiger partial charge in [-0.2, -0.15) is 4.72 Å². The number of Topliss-reactive ketones (excluding diaryl/α,β-unsaturated/α-hetero) is 1. The van der Waals surface area contributed by atoms with E-state index in [1.807, 2.05) is 0 Å². The summed E-state index contributed by atoms with van der Waals surface area (Å²) in [6.07, 6.45) is -1.17. The van der Waals surface area contributed by atoms with E-state index in [9.17, 15) is 22.8 Å². The van der Waals surface area contributed by atoms with E-state index >= 15 is 0 Å². The normalized spacial score (nSPS) is 13.0. The average Bonchev–Trinajstić information content (AvgIpc) is 2.73. The van der Waals surface area contributed by atoms with Crippen molar-refractivity contribution in [3.05, 3.63) is 54.1 Å². The molecule has 2 aromatic rings. The minimum atomic E-state index is -3.98. The molecule has 0 spiro atoms. The summed E-state index contributed by atoms with van der Waals surface area (Å²) in [6.45, 7) is 4.11. The molecule has 9 nitrogen and oxygen atoms in total. The van der Waals surface area contributed by atoms with Gasteiger partial charge in [0.25, 0.3) is 5.91 Å². The van der Waals surface area contributed by atoms with Crippen molar-refractivity contribution < 1.29 is 32.3 Å². The number of sulfonamides is 1. The molecule has 0 saturated carbocycles. The topological polar surface area (TPSA) is 128 Å². The molecule has 166 valence electrons. The molecule has 2 aromatic carbocycles. The molecular weight excluding hydrogens is 424 g/mol. The van der Waals surface area contributed by atoms with E-state index in [-0.39, 0.29) is 10.7 Å². The summed E-state index contributed by atoms with van der Waals surface area (Å²) >= 11 is 0. The molecule has 0 aliphatic heterocycles. The first-order valence-corrected chi connectivity index (χ1v) is 10.8. The molecule has 0 aliphatic rings. The van der Waals surface area contributed by atoms with E-state index in [0.717, 1.165) is 0 Å². The molecule has 31 heavy (non-hydrogen) atoms. The number of hydrogen-bond donors (Lipinski definition) is 2. The third-order valence-electron chi connectivity index (χ3n) is 4.28. The number of carbonyl (C=O) groups excluding carboxylic acids is 3. The number of methoxy groups -OCH3 is 1. The van der Waals surface area contributed by atoms with E-state index in [4.69, 9.17) is 9.47 Å². The van der Waals surface area contributed by atoms with Crippen molar-refractivity contribution in [1.82, 2.24) is 4.72 Å². The van der Waals surface area contributed by atoms with Crippen LogP contribution in [0.25, 0.3) is 0 Å². The van der Waals surface area contributed by atoms with Gasteiger partial charge in [-0.05, 0) is 69.3 Å². The van der Waals surface area contributed by atoms with Gasteiger partial charge in [0.05, 0.1) is 12.0 Å². The number of ketones is 1. The van der Waals surface area contributed by atoms with Crippen LogP contribution in [-0.2, 0) is 24.3 Å². The van der Waals surface area contributed by atoms with Crippen molar-refractivity contribution in [2.75, 3.05) is 12.4 Å². The number of nitrogens with one attached hydrogen (secondary N) is 2. The number of benzene rings is 2. The highest BCUT2D eigenvalue weighted by Crippen LogP contribution is 2.16. The Labute approximate surface area is 180 Å². The van der Waals surface area contributed by atoms with Gasteiger partial charge in [-0.25, -0.2) is 8.42 Å². The Morgan fingerprint density at radius 1 is 0.935 bits per heavy atom. The van der Waals surface area contributed by atoms with Crippen LogP contribution in [0.2, 0.25) is 0 Å². The van der Waals surface area contributed by atoms with Crippen LogP contribution in [-0.4, -0.2) is 45.3 Å². The van der Waals surface area contributed by atoms with Gasteiger partial charge in [0.1, 0.15) is 11.8 Å². The summed E-state index contributed by atoms with van der Waals surface area (Å²) in [5, 5.41) is 2.56. The second-order valence-corrected chi connectivity index (χ2v) is 8.43. The van der Waals surface area contributed by atoms with Crippen LogP contribution >= 0.6 is 0 Å². The minimum Gasteiger partial charge on any atom is -0.497 e. The van der Waals surface area contributed by atoms with Crippen molar-refractivity contribution in [1.29, 1.82) is 0 Å². The predicted octanol–water partition coefficient (Wildman–Crippen LogP) is 2.13. The molecule has 0 fully saturated rings. The number of carbonyl (C=O) groups is 3. The van der Waals surface area contributed by atoms with Crippen molar-refractivity contribution in [3.8, 4) is 5.75 Å². The Morgan fingerprint density at radius 3 is 2.03 bits per heavy atom. The SMILES string of the molecule is COc1ccc(S(=O)(=O)N[C@@H](C)C(=O)OC(C)C(=O)Nc2ccc(C(C)=O)cc2)cc1. The maximum atomic E-state index is 12.4. The van der Waals surface area contributed by atoms with Crippen LogP contribution in [0, 0.1) is 0 Å². The summed E-state index contributed by atoms with van der Waals surface area (Å²) in [6, 6.07) is 10.6. The van der Waals surface area contributed by atoms with Gasteiger partial charge in [0.15, 0.2) is 11.9 Å². The number of ether oxygens (including phenoxy) is 2. The molecule has 0 saturated heterocycles. The largest absolute Gasteiger partial charge is 0.497 e. The summed E-state index contributed by atoms with van der Waals surface area (Å²) in [4.78, 5) is 35.7. The summed E-state index contributed by atoms with van der Waals surface area (Å²) < 4.78 is 37.1. The quantitative estimate of drug-likeness (QED) is 0.444. The first-order valence-electron chi connectivity index (χ1n) is 9.32. The second-order valence-electron chi connectivity index (χ2n) is 6.72. The summed E-state index contributed by atoms with van der Waals surface area (Å²) in [7, 11) is -2.52. The molecule has 0 radical (unpaired) electrons. The van der Waals surface area contributed by atoms with Gasteiger partial charge in [-0.1, -0.05) is 0 Å². The van der Waals surface area contributed by atoms with Crippen molar-refractivity contribution in [2.45, 2.75) is 37.8 Å². The number of rotatable bonds is 9. The number of amides is 1. The third-order valence-corrected chi connectivity index (χ3v) is 5.83. The molecule has 0 bridgehead atoms. The zero-order valence-corrected chi connectivity index (χ0v) is 18.4. The van der Waals surface area contributed by atoms with E-state index in [1.54, 1.807) is 24.3 Å². The highest BCUT2D eigenvalue weighted by Gasteiger charge is 2.26. The van der Waals surface area contributed by atoms with Gasteiger partial charge in [0, 0.05) is 11.3 Å². The number of anilines is 1. The Bertz CT molecular complexity index is 1050. The molecule has 2 N–H and O–H groups in total. The smallest absolute Gasteiger partial charge is 0.324 e. The Morgan fingerprint density at radius 2 is 1.52 bits per heavy atom. The van der Waals surface area contributed by atoms with Crippen molar-refractivity contribution in [2.24, 2.45) is 0 Å². The van der Waals surface area contributed by atoms with Gasteiger partial charge in [-0.15, -0.1) is 0 Å². The molecule has 0 heterocycles. The molecule has 2 atom stereocenters. The Hall–Kier alpha value is -3.24. The van der Waals surface area contributed by atoms with E-state index in [2.05, 4.69) is 10.0 Å². The molecule has 1 unspecified atom stereocenters. The lowest BCUT2D eigenvalue weighted by atomic mass is 10.1. The zero-order chi connectivity index (χ0) is 23.2. The summed E-state index contributed by atoms with van der Waals surface area (Å²) in [5.74, 6) is -1.13. The van der Waals surface area contributed by atoms with E-state index in [0.29, 0.717) is 17.0 Å². The van der Waals surface area contributed by atoms with Crippen LogP contribution in [0.3, 0.4) is 0 Å². The molecule has 2 rings (SSSR count). The fourth-order valence-corrected chi connectivity index (χ4v) is 3.66. The number of esters is 1. The van der Waals surface area contributed by atoms with E-state index in [1.165, 1.54) is 52.1 Å². The first kappa shape index (κ1) is 24.0. The van der Waals surface area contributed by atoms with Crippen LogP contribution in [0.15, 0.2) is 53.4 Å². The molecule has 1 amide bonds. The fourth-order valence-electron chi connectivity index (χ4n) is 2.47. The molecular formula is C21H24N2O7S. The maximum Gasteiger partial charge on any atom is 0.324 e.